The van der Waals surface area contributed by atoms with Gasteiger partial charge in [0.2, 0.25) is 5.78 Å². The lowest BCUT2D eigenvalue weighted by atomic mass is 10.1. The quantitative estimate of drug-likeness (QED) is 0.695. The first-order chi connectivity index (χ1) is 9.43. The minimum Gasteiger partial charge on any atom is -0.493 e. The summed E-state index contributed by atoms with van der Waals surface area (Å²) in [6.07, 6.45) is 1.53. The van der Waals surface area contributed by atoms with Gasteiger partial charge in [-0.3, -0.25) is 9.48 Å². The van der Waals surface area contributed by atoms with Gasteiger partial charge in [-0.15, -0.1) is 0 Å². The van der Waals surface area contributed by atoms with Crippen molar-refractivity contribution in [1.82, 2.24) is 9.78 Å². The number of hydrogen-bond donors (Lipinski definition) is 1. The molecule has 2 rings (SSSR count). The Hall–Kier alpha value is -2.01. The van der Waals surface area contributed by atoms with E-state index in [1.807, 2.05) is 13.8 Å². The number of ether oxygens (including phenoxy) is 1. The molecule has 6 heteroatoms. The summed E-state index contributed by atoms with van der Waals surface area (Å²) in [5.41, 5.74) is 6.97. The van der Waals surface area contributed by atoms with Crippen LogP contribution in [-0.4, -0.2) is 22.7 Å². The van der Waals surface area contributed by atoms with Crippen molar-refractivity contribution in [2.24, 2.45) is 0 Å². The largest absolute Gasteiger partial charge is 0.493 e. The van der Waals surface area contributed by atoms with Crippen LogP contribution in [0.3, 0.4) is 0 Å². The summed E-state index contributed by atoms with van der Waals surface area (Å²) in [4.78, 5) is 12.7. The normalized spacial score (nSPS) is 10.8. The summed E-state index contributed by atoms with van der Waals surface area (Å²) >= 11 is 5.95. The Kier molecular flexibility index (Phi) is 3.99. The number of nitrogens with two attached hydrogens (primary N) is 1. The van der Waals surface area contributed by atoms with E-state index in [0.717, 1.165) is 0 Å². The highest BCUT2D eigenvalue weighted by molar-refractivity contribution is 6.31. The van der Waals surface area contributed by atoms with Crippen LogP contribution in [0, 0.1) is 0 Å². The monoisotopic (exact) mass is 293 g/mol. The molecule has 0 unspecified atom stereocenters. The molecule has 0 saturated heterocycles. The van der Waals surface area contributed by atoms with E-state index >= 15 is 0 Å². The number of ketones is 1. The average Bonchev–Trinajstić information content (AvgIpc) is 2.80. The Labute approximate surface area is 122 Å². The third-order valence-corrected chi connectivity index (χ3v) is 3.09. The highest BCUT2D eigenvalue weighted by atomic mass is 35.5. The van der Waals surface area contributed by atoms with Gasteiger partial charge in [0.05, 0.1) is 13.3 Å². The molecule has 1 aromatic heterocycles. The van der Waals surface area contributed by atoms with Crippen LogP contribution in [0.4, 0.5) is 5.69 Å². The molecule has 0 aliphatic carbocycles. The topological polar surface area (TPSA) is 70.1 Å². The Morgan fingerprint density at radius 2 is 2.10 bits per heavy atom. The molecule has 2 N–H and O–H groups in total. The lowest BCUT2D eigenvalue weighted by molar-refractivity contribution is 0.102. The first kappa shape index (κ1) is 14.4. The number of nitrogens with zero attached hydrogens (tertiary/aromatic N) is 2. The molecule has 0 spiro atoms. The van der Waals surface area contributed by atoms with Gasteiger partial charge in [-0.25, -0.2) is 0 Å². The van der Waals surface area contributed by atoms with Gasteiger partial charge in [0.15, 0.2) is 11.4 Å². The van der Waals surface area contributed by atoms with Crippen molar-refractivity contribution < 1.29 is 9.53 Å². The summed E-state index contributed by atoms with van der Waals surface area (Å²) < 4.78 is 6.83. The molecule has 2 aromatic rings. The van der Waals surface area contributed by atoms with Crippen LogP contribution in [0.1, 0.15) is 35.9 Å². The first-order valence-electron chi connectivity index (χ1n) is 6.16. The molecule has 1 heterocycles. The van der Waals surface area contributed by atoms with Crippen LogP contribution < -0.4 is 10.5 Å². The first-order valence-corrected chi connectivity index (χ1v) is 6.54. The van der Waals surface area contributed by atoms with Gasteiger partial charge >= 0.3 is 0 Å². The Bertz CT molecular complexity index is 630. The number of halogens is 1. The van der Waals surface area contributed by atoms with E-state index in [-0.39, 0.29) is 11.8 Å². The molecular formula is C14H16ClN3O2. The van der Waals surface area contributed by atoms with Crippen molar-refractivity contribution in [2.45, 2.75) is 19.9 Å². The second-order valence-corrected chi connectivity index (χ2v) is 5.14. The van der Waals surface area contributed by atoms with Gasteiger partial charge < -0.3 is 10.5 Å². The molecule has 0 bridgehead atoms. The fraction of sp³-hybridized carbons (Fsp3) is 0.286. The molecule has 106 valence electrons. The van der Waals surface area contributed by atoms with Crippen LogP contribution in [0.15, 0.2) is 24.4 Å². The molecule has 0 radical (unpaired) electrons. The molecule has 1 aromatic carbocycles. The predicted molar refractivity (Wildman–Crippen MR) is 78.5 cm³/mol. The van der Waals surface area contributed by atoms with E-state index in [9.17, 15) is 4.79 Å². The molecule has 0 fully saturated rings. The number of hydrogen-bond acceptors (Lipinski definition) is 4. The zero-order valence-electron chi connectivity index (χ0n) is 11.6. The number of carbonyl (C=O) groups is 1. The lowest BCUT2D eigenvalue weighted by Gasteiger charge is -2.11. The third kappa shape index (κ3) is 2.63. The van der Waals surface area contributed by atoms with E-state index < -0.39 is 0 Å². The fourth-order valence-corrected chi connectivity index (χ4v) is 2.23. The maximum Gasteiger partial charge on any atom is 0.214 e. The minimum absolute atomic E-state index is 0.0365. The molecule has 0 atom stereocenters. The highest BCUT2D eigenvalue weighted by Gasteiger charge is 2.22. The predicted octanol–water partition coefficient (Wildman–Crippen LogP) is 2.94. The number of carbonyl (C=O) groups excluding carboxylic acids is 1. The number of aromatic nitrogens is 2. The fourth-order valence-electron chi connectivity index (χ4n) is 1.98. The number of nitrogen functional groups attached to an aromatic ring is 1. The summed E-state index contributed by atoms with van der Waals surface area (Å²) in [6.45, 7) is 3.88. The SMILES string of the molecule is COc1cnn(C(C)C)c1C(=O)c1cc(N)cc(Cl)c1. The van der Waals surface area contributed by atoms with Crippen molar-refractivity contribution in [3.05, 3.63) is 40.7 Å². The Morgan fingerprint density at radius 1 is 1.40 bits per heavy atom. The van der Waals surface area contributed by atoms with E-state index in [1.54, 1.807) is 22.9 Å². The summed E-state index contributed by atoms with van der Waals surface area (Å²) in [7, 11) is 1.50. The summed E-state index contributed by atoms with van der Waals surface area (Å²) in [5.74, 6) is 0.212. The number of methoxy groups -OCH3 is 1. The van der Waals surface area contributed by atoms with Gasteiger partial charge in [0.1, 0.15) is 0 Å². The van der Waals surface area contributed by atoms with Crippen molar-refractivity contribution >= 4 is 23.1 Å². The maximum atomic E-state index is 12.7. The smallest absolute Gasteiger partial charge is 0.214 e. The molecule has 0 saturated carbocycles. The van der Waals surface area contributed by atoms with E-state index in [4.69, 9.17) is 22.1 Å². The van der Waals surface area contributed by atoms with Crippen molar-refractivity contribution in [1.29, 1.82) is 0 Å². The average molecular weight is 294 g/mol. The van der Waals surface area contributed by atoms with Crippen LogP contribution in [0.25, 0.3) is 0 Å². The van der Waals surface area contributed by atoms with Gasteiger partial charge in [-0.1, -0.05) is 11.6 Å². The van der Waals surface area contributed by atoms with E-state index in [1.165, 1.54) is 13.3 Å². The van der Waals surface area contributed by atoms with Gasteiger partial charge in [-0.05, 0) is 32.0 Å². The molecule has 0 aliphatic heterocycles. The molecular weight excluding hydrogens is 278 g/mol. The van der Waals surface area contributed by atoms with E-state index in [2.05, 4.69) is 5.10 Å². The highest BCUT2D eigenvalue weighted by Crippen LogP contribution is 2.26. The third-order valence-electron chi connectivity index (χ3n) is 2.87. The Balaban J connectivity index is 2.55. The second-order valence-electron chi connectivity index (χ2n) is 4.70. The van der Waals surface area contributed by atoms with Gasteiger partial charge in [0.25, 0.3) is 0 Å². The van der Waals surface area contributed by atoms with Crippen LogP contribution in [0.5, 0.6) is 5.75 Å². The van der Waals surface area contributed by atoms with E-state index in [0.29, 0.717) is 27.7 Å². The van der Waals surface area contributed by atoms with Gasteiger partial charge in [-0.2, -0.15) is 5.10 Å². The maximum absolute atomic E-state index is 12.7. The summed E-state index contributed by atoms with van der Waals surface area (Å²) in [6, 6.07) is 4.80. The molecule has 0 aliphatic rings. The second kappa shape index (κ2) is 5.54. The molecule has 5 nitrogen and oxygen atoms in total. The standard InChI is InChI=1S/C14H16ClN3O2/c1-8(2)18-13(12(20-3)7-17-18)14(19)9-4-10(15)6-11(16)5-9/h4-8H,16H2,1-3H3. The van der Waals surface area contributed by atoms with Crippen molar-refractivity contribution in [3.63, 3.8) is 0 Å². The zero-order valence-corrected chi connectivity index (χ0v) is 12.3. The number of benzene rings is 1. The van der Waals surface area contributed by atoms with Crippen molar-refractivity contribution in [3.8, 4) is 5.75 Å². The Morgan fingerprint density at radius 3 is 2.65 bits per heavy atom. The van der Waals surface area contributed by atoms with Crippen LogP contribution in [0.2, 0.25) is 5.02 Å². The number of rotatable bonds is 4. The summed E-state index contributed by atoms with van der Waals surface area (Å²) in [5, 5.41) is 4.60. The lowest BCUT2D eigenvalue weighted by Crippen LogP contribution is -2.14. The van der Waals surface area contributed by atoms with Crippen molar-refractivity contribution in [2.75, 3.05) is 12.8 Å². The minimum atomic E-state index is -0.220. The molecule has 0 amide bonds. The van der Waals surface area contributed by atoms with Crippen LogP contribution >= 0.6 is 11.6 Å². The molecule has 20 heavy (non-hydrogen) atoms. The van der Waals surface area contributed by atoms with Gasteiger partial charge in [0, 0.05) is 22.3 Å². The zero-order chi connectivity index (χ0) is 14.9. The van der Waals surface area contributed by atoms with Crippen LogP contribution in [-0.2, 0) is 0 Å². The number of anilines is 1.